The van der Waals surface area contributed by atoms with Crippen molar-refractivity contribution < 1.29 is 41.4 Å². The number of carboxylic acid groups (broad SMARTS) is 1. The molecule has 4 nitrogen and oxygen atoms in total. The average Bonchev–Trinajstić information content (AvgIpc) is 3.06. The van der Waals surface area contributed by atoms with E-state index in [0.29, 0.717) is 0 Å². The molecule has 0 radical (unpaired) electrons. The van der Waals surface area contributed by atoms with Crippen LogP contribution in [-0.2, 0) is 19.4 Å². The number of aryl methyl sites for hydroxylation is 1. The molecule has 0 aliphatic rings. The highest BCUT2D eigenvalue weighted by molar-refractivity contribution is 6.02. The van der Waals surface area contributed by atoms with Crippen LogP contribution in [0.5, 0.6) is 5.75 Å². The number of nitrogens with zero attached hydrogens (tertiary/aromatic N) is 1. The van der Waals surface area contributed by atoms with E-state index in [9.17, 15) is 41.4 Å². The van der Waals surface area contributed by atoms with E-state index in [1.54, 1.807) is 0 Å². The number of aromatic nitrogens is 1. The Morgan fingerprint density at radius 1 is 0.889 bits per heavy atom. The average molecular weight is 503 g/mol. The molecule has 3 aromatic carbocycles. The molecule has 0 fully saturated rings. The Bertz CT molecular complexity index is 1550. The smallest absolute Gasteiger partial charge is 0.417 e. The standard InChI is InChI=1S/C26H15F6NO3/c1-33-21-13-22(34)19(24(35)36)12-18(21)16(11-8-14-6-9-15(10-7-14)25(27,28)29)23(33)17-4-2-3-5-20(17)26(30,31)32/h2-7,9-10,12-13,34H,1H3,(H,35,36). The Kier molecular flexibility index (Phi) is 5.96. The molecular weight excluding hydrogens is 488 g/mol. The molecule has 0 unspecified atom stereocenters. The van der Waals surface area contributed by atoms with Gasteiger partial charge in [-0.2, -0.15) is 26.3 Å². The van der Waals surface area contributed by atoms with E-state index < -0.39 is 40.8 Å². The lowest BCUT2D eigenvalue weighted by molar-refractivity contribution is -0.138. The summed E-state index contributed by atoms with van der Waals surface area (Å²) in [6, 6.07) is 10.9. The topological polar surface area (TPSA) is 62.5 Å². The number of halogens is 6. The van der Waals surface area contributed by atoms with E-state index >= 15 is 0 Å². The van der Waals surface area contributed by atoms with E-state index in [-0.39, 0.29) is 33.3 Å². The van der Waals surface area contributed by atoms with Crippen molar-refractivity contribution in [1.82, 2.24) is 4.57 Å². The molecule has 10 heteroatoms. The van der Waals surface area contributed by atoms with Crippen LogP contribution in [0.15, 0.2) is 60.7 Å². The lowest BCUT2D eigenvalue weighted by Gasteiger charge is -2.14. The van der Waals surface area contributed by atoms with Crippen LogP contribution in [0.2, 0.25) is 0 Å². The summed E-state index contributed by atoms with van der Waals surface area (Å²) in [5.74, 6) is 3.32. The Morgan fingerprint density at radius 3 is 2.11 bits per heavy atom. The van der Waals surface area contributed by atoms with Crippen LogP contribution in [0.4, 0.5) is 26.3 Å². The van der Waals surface area contributed by atoms with Crippen molar-refractivity contribution in [2.45, 2.75) is 12.4 Å². The highest BCUT2D eigenvalue weighted by atomic mass is 19.4. The molecule has 4 aromatic rings. The maximum atomic E-state index is 13.8. The van der Waals surface area contributed by atoms with Crippen molar-refractivity contribution in [3.05, 3.63) is 88.5 Å². The van der Waals surface area contributed by atoms with Crippen LogP contribution in [0.25, 0.3) is 22.2 Å². The van der Waals surface area contributed by atoms with E-state index in [2.05, 4.69) is 11.8 Å². The highest BCUT2D eigenvalue weighted by Gasteiger charge is 2.35. The van der Waals surface area contributed by atoms with Gasteiger partial charge < -0.3 is 14.8 Å². The predicted octanol–water partition coefficient (Wildman–Crippen LogP) is 6.69. The van der Waals surface area contributed by atoms with Crippen LogP contribution in [0, 0.1) is 11.8 Å². The molecule has 1 heterocycles. The molecule has 4 rings (SSSR count). The first kappa shape index (κ1) is 24.7. The van der Waals surface area contributed by atoms with Crippen molar-refractivity contribution in [2.24, 2.45) is 7.05 Å². The van der Waals surface area contributed by atoms with Crippen molar-refractivity contribution in [1.29, 1.82) is 0 Å². The normalized spacial score (nSPS) is 11.9. The third kappa shape index (κ3) is 4.47. The summed E-state index contributed by atoms with van der Waals surface area (Å²) in [7, 11) is 1.44. The van der Waals surface area contributed by atoms with Crippen LogP contribution in [-0.4, -0.2) is 20.7 Å². The van der Waals surface area contributed by atoms with Gasteiger partial charge in [0.25, 0.3) is 0 Å². The largest absolute Gasteiger partial charge is 0.507 e. The third-order valence-electron chi connectivity index (χ3n) is 5.58. The van der Waals surface area contributed by atoms with E-state index in [1.165, 1.54) is 29.8 Å². The molecule has 0 aliphatic heterocycles. The van der Waals surface area contributed by atoms with Crippen molar-refractivity contribution in [3.8, 4) is 28.8 Å². The summed E-state index contributed by atoms with van der Waals surface area (Å²) in [5.41, 5.74) is -2.19. The molecule has 0 amide bonds. The second-order valence-electron chi connectivity index (χ2n) is 7.84. The summed E-state index contributed by atoms with van der Waals surface area (Å²) < 4.78 is 81.4. The minimum atomic E-state index is -4.72. The Labute approximate surface area is 200 Å². The number of fused-ring (bicyclic) bond motifs is 1. The zero-order chi connectivity index (χ0) is 26.4. The van der Waals surface area contributed by atoms with Crippen molar-refractivity contribution in [2.75, 3.05) is 0 Å². The number of carbonyl (C=O) groups is 1. The molecule has 184 valence electrons. The third-order valence-corrected chi connectivity index (χ3v) is 5.58. The number of phenols is 1. The fourth-order valence-corrected chi connectivity index (χ4v) is 3.90. The fourth-order valence-electron chi connectivity index (χ4n) is 3.90. The van der Waals surface area contributed by atoms with Gasteiger partial charge in [0.2, 0.25) is 0 Å². The summed E-state index contributed by atoms with van der Waals surface area (Å²) in [5, 5.41) is 19.7. The van der Waals surface area contributed by atoms with Gasteiger partial charge in [0.15, 0.2) is 0 Å². The highest BCUT2D eigenvalue weighted by Crippen LogP contribution is 2.42. The van der Waals surface area contributed by atoms with Gasteiger partial charge in [0, 0.05) is 29.6 Å². The van der Waals surface area contributed by atoms with Gasteiger partial charge in [-0.15, -0.1) is 0 Å². The molecule has 0 bridgehead atoms. The van der Waals surface area contributed by atoms with Crippen LogP contribution >= 0.6 is 0 Å². The zero-order valence-corrected chi connectivity index (χ0v) is 18.3. The fraction of sp³-hybridized carbons (Fsp3) is 0.115. The Hall–Kier alpha value is -4.39. The number of hydrogen-bond acceptors (Lipinski definition) is 2. The summed E-state index contributed by atoms with van der Waals surface area (Å²) in [6.45, 7) is 0. The molecular formula is C26H15F6NO3. The SMILES string of the molecule is Cn1c(-c2ccccc2C(F)(F)F)c(C#Cc2ccc(C(F)(F)F)cc2)c2cc(C(=O)O)c(O)cc21. The molecule has 0 atom stereocenters. The van der Waals surface area contributed by atoms with Crippen molar-refractivity contribution in [3.63, 3.8) is 0 Å². The van der Waals surface area contributed by atoms with Gasteiger partial charge in [0.1, 0.15) is 11.3 Å². The van der Waals surface area contributed by atoms with Gasteiger partial charge in [-0.3, -0.25) is 0 Å². The predicted molar refractivity (Wildman–Crippen MR) is 119 cm³/mol. The second kappa shape index (κ2) is 8.68. The number of alkyl halides is 6. The molecule has 0 saturated heterocycles. The van der Waals surface area contributed by atoms with Gasteiger partial charge in [0.05, 0.1) is 27.9 Å². The monoisotopic (exact) mass is 503 g/mol. The lowest BCUT2D eigenvalue weighted by atomic mass is 9.99. The quantitative estimate of drug-likeness (QED) is 0.237. The molecule has 1 aromatic heterocycles. The van der Waals surface area contributed by atoms with Gasteiger partial charge in [-0.25, -0.2) is 4.79 Å². The molecule has 0 aliphatic carbocycles. The second-order valence-corrected chi connectivity index (χ2v) is 7.84. The maximum absolute atomic E-state index is 13.8. The van der Waals surface area contributed by atoms with Crippen LogP contribution in [0.3, 0.4) is 0 Å². The first-order valence-electron chi connectivity index (χ1n) is 10.2. The first-order chi connectivity index (χ1) is 16.8. The van der Waals surface area contributed by atoms with Gasteiger partial charge >= 0.3 is 18.3 Å². The first-order valence-corrected chi connectivity index (χ1v) is 10.2. The molecule has 0 spiro atoms. The lowest BCUT2D eigenvalue weighted by Crippen LogP contribution is -2.08. The van der Waals surface area contributed by atoms with E-state index in [1.807, 2.05) is 0 Å². The number of carboxylic acids is 1. The summed E-state index contributed by atoms with van der Waals surface area (Å²) in [6.07, 6.45) is -9.27. The van der Waals surface area contributed by atoms with E-state index in [0.717, 1.165) is 42.5 Å². The minimum absolute atomic E-state index is 0.000671. The number of benzene rings is 3. The minimum Gasteiger partial charge on any atom is -0.507 e. The van der Waals surface area contributed by atoms with Gasteiger partial charge in [-0.1, -0.05) is 30.0 Å². The number of hydrogen-bond donors (Lipinski definition) is 2. The van der Waals surface area contributed by atoms with E-state index in [4.69, 9.17) is 0 Å². The van der Waals surface area contributed by atoms with Crippen LogP contribution in [0.1, 0.15) is 32.6 Å². The number of aromatic carboxylic acids is 1. The number of rotatable bonds is 2. The molecule has 36 heavy (non-hydrogen) atoms. The summed E-state index contributed by atoms with van der Waals surface area (Å²) in [4.78, 5) is 11.6. The maximum Gasteiger partial charge on any atom is 0.417 e. The molecule has 0 saturated carbocycles. The Morgan fingerprint density at radius 2 is 1.53 bits per heavy atom. The molecule has 2 N–H and O–H groups in total. The van der Waals surface area contributed by atoms with Crippen molar-refractivity contribution >= 4 is 16.9 Å². The Balaban J connectivity index is 2.02. The van der Waals surface area contributed by atoms with Crippen LogP contribution < -0.4 is 0 Å². The summed E-state index contributed by atoms with van der Waals surface area (Å²) >= 11 is 0. The zero-order valence-electron chi connectivity index (χ0n) is 18.3. The number of aromatic hydroxyl groups is 1. The van der Waals surface area contributed by atoms with Gasteiger partial charge in [-0.05, 0) is 36.4 Å².